The van der Waals surface area contributed by atoms with E-state index in [1.165, 1.54) is 30.0 Å². The number of benzene rings is 2. The van der Waals surface area contributed by atoms with Crippen LogP contribution in [0.5, 0.6) is 5.75 Å². The maximum atomic E-state index is 13.7. The first-order valence-electron chi connectivity index (χ1n) is 7.88. The van der Waals surface area contributed by atoms with Crippen molar-refractivity contribution in [1.82, 2.24) is 9.78 Å². The van der Waals surface area contributed by atoms with Gasteiger partial charge in [0, 0.05) is 29.5 Å². The van der Waals surface area contributed by atoms with Gasteiger partial charge in [-0.05, 0) is 18.2 Å². The molecule has 0 saturated carbocycles. The van der Waals surface area contributed by atoms with Gasteiger partial charge in [-0.15, -0.1) is 0 Å². The lowest BCUT2D eigenvalue weighted by molar-refractivity contribution is -0.385. The summed E-state index contributed by atoms with van der Waals surface area (Å²) >= 11 is 0. The molecule has 0 atom stereocenters. The number of hydrogen-bond acceptors (Lipinski definition) is 5. The predicted octanol–water partition coefficient (Wildman–Crippen LogP) is 3.24. The Morgan fingerprint density at radius 2 is 2.07 bits per heavy atom. The zero-order chi connectivity index (χ0) is 19.4. The summed E-state index contributed by atoms with van der Waals surface area (Å²) in [6, 6.07) is 11.8. The number of nitrogens with one attached hydrogen (secondary N) is 1. The SMILES string of the molecule is COc1ccc(C(=O)Nc2ccn(Cc3ccccc3F)n2)cc1[N+](=O)[O-]. The minimum absolute atomic E-state index is 0.0608. The second kappa shape index (κ2) is 7.65. The Bertz CT molecular complexity index is 1000. The highest BCUT2D eigenvalue weighted by atomic mass is 19.1. The first kappa shape index (κ1) is 18.1. The van der Waals surface area contributed by atoms with Crippen LogP contribution in [0.3, 0.4) is 0 Å². The molecule has 0 fully saturated rings. The van der Waals surface area contributed by atoms with E-state index in [4.69, 9.17) is 4.74 Å². The fourth-order valence-corrected chi connectivity index (χ4v) is 2.48. The molecule has 0 aliphatic rings. The third kappa shape index (κ3) is 4.09. The number of hydrogen-bond donors (Lipinski definition) is 1. The molecule has 3 rings (SSSR count). The third-order valence-electron chi connectivity index (χ3n) is 3.81. The maximum absolute atomic E-state index is 13.7. The van der Waals surface area contributed by atoms with Gasteiger partial charge in [0.2, 0.25) is 0 Å². The van der Waals surface area contributed by atoms with E-state index >= 15 is 0 Å². The Morgan fingerprint density at radius 1 is 1.30 bits per heavy atom. The van der Waals surface area contributed by atoms with Gasteiger partial charge in [-0.25, -0.2) is 4.39 Å². The highest BCUT2D eigenvalue weighted by molar-refractivity contribution is 6.04. The van der Waals surface area contributed by atoms with Crippen molar-refractivity contribution >= 4 is 17.4 Å². The summed E-state index contributed by atoms with van der Waals surface area (Å²) in [4.78, 5) is 22.8. The number of methoxy groups -OCH3 is 1. The second-order valence-electron chi connectivity index (χ2n) is 5.59. The third-order valence-corrected chi connectivity index (χ3v) is 3.81. The first-order valence-corrected chi connectivity index (χ1v) is 7.88. The number of aromatic nitrogens is 2. The number of nitro benzene ring substituents is 1. The molecule has 2 aromatic carbocycles. The number of halogens is 1. The quantitative estimate of drug-likeness (QED) is 0.530. The molecule has 1 heterocycles. The van der Waals surface area contributed by atoms with Crippen LogP contribution in [-0.2, 0) is 6.54 Å². The van der Waals surface area contributed by atoms with Gasteiger partial charge in [0.25, 0.3) is 5.91 Å². The molecule has 0 radical (unpaired) electrons. The van der Waals surface area contributed by atoms with E-state index in [2.05, 4.69) is 10.4 Å². The zero-order valence-electron chi connectivity index (χ0n) is 14.3. The zero-order valence-corrected chi connectivity index (χ0v) is 14.3. The van der Waals surface area contributed by atoms with Gasteiger partial charge in [0.1, 0.15) is 5.82 Å². The topological polar surface area (TPSA) is 99.3 Å². The predicted molar refractivity (Wildman–Crippen MR) is 95.3 cm³/mol. The average Bonchev–Trinajstić information content (AvgIpc) is 3.09. The van der Waals surface area contributed by atoms with E-state index in [0.29, 0.717) is 5.56 Å². The molecule has 138 valence electrons. The second-order valence-corrected chi connectivity index (χ2v) is 5.59. The van der Waals surface area contributed by atoms with E-state index in [9.17, 15) is 19.3 Å². The lowest BCUT2D eigenvalue weighted by Gasteiger charge is -2.05. The van der Waals surface area contributed by atoms with Gasteiger partial charge in [-0.3, -0.25) is 19.6 Å². The number of amides is 1. The summed E-state index contributed by atoms with van der Waals surface area (Å²) in [5.74, 6) is -0.596. The van der Waals surface area contributed by atoms with Crippen LogP contribution in [0.2, 0.25) is 0 Å². The van der Waals surface area contributed by atoms with Crippen molar-refractivity contribution in [3.8, 4) is 5.75 Å². The lowest BCUT2D eigenvalue weighted by Crippen LogP contribution is -2.13. The van der Waals surface area contributed by atoms with Gasteiger partial charge in [0.15, 0.2) is 11.6 Å². The van der Waals surface area contributed by atoms with E-state index in [1.54, 1.807) is 30.5 Å². The fraction of sp³-hybridized carbons (Fsp3) is 0.111. The van der Waals surface area contributed by atoms with Crippen LogP contribution in [0.15, 0.2) is 54.7 Å². The molecule has 0 saturated heterocycles. The van der Waals surface area contributed by atoms with Crippen LogP contribution in [0.4, 0.5) is 15.9 Å². The van der Waals surface area contributed by atoms with E-state index in [0.717, 1.165) is 6.07 Å². The van der Waals surface area contributed by atoms with Gasteiger partial charge >= 0.3 is 5.69 Å². The Labute approximate surface area is 153 Å². The normalized spacial score (nSPS) is 10.4. The molecule has 1 aromatic heterocycles. The standard InChI is InChI=1S/C18H15FN4O4/c1-27-16-7-6-12(10-15(16)23(25)26)18(24)20-17-8-9-22(21-17)11-13-4-2-3-5-14(13)19/h2-10H,11H2,1H3,(H,20,21,24). The molecule has 9 heteroatoms. The van der Waals surface area contributed by atoms with Gasteiger partial charge in [-0.1, -0.05) is 18.2 Å². The van der Waals surface area contributed by atoms with Crippen LogP contribution < -0.4 is 10.1 Å². The summed E-state index contributed by atoms with van der Waals surface area (Å²) in [6.07, 6.45) is 1.60. The molecule has 1 amide bonds. The van der Waals surface area contributed by atoms with Crippen molar-refractivity contribution in [3.63, 3.8) is 0 Å². The Kier molecular flexibility index (Phi) is 5.11. The molecule has 8 nitrogen and oxygen atoms in total. The molecule has 3 aromatic rings. The van der Waals surface area contributed by atoms with Crippen molar-refractivity contribution in [2.75, 3.05) is 12.4 Å². The smallest absolute Gasteiger partial charge is 0.311 e. The molecule has 0 bridgehead atoms. The van der Waals surface area contributed by atoms with Crippen LogP contribution in [-0.4, -0.2) is 27.7 Å². The van der Waals surface area contributed by atoms with E-state index in [1.807, 2.05) is 0 Å². The summed E-state index contributed by atoms with van der Waals surface area (Å²) in [5.41, 5.74) is 0.241. The molecular formula is C18H15FN4O4. The molecule has 0 aliphatic heterocycles. The Balaban J connectivity index is 1.74. The van der Waals surface area contributed by atoms with Crippen molar-refractivity contribution in [1.29, 1.82) is 0 Å². The largest absolute Gasteiger partial charge is 0.490 e. The van der Waals surface area contributed by atoms with Crippen LogP contribution in [0, 0.1) is 15.9 Å². The lowest BCUT2D eigenvalue weighted by atomic mass is 10.1. The Hall–Kier alpha value is -3.75. The monoisotopic (exact) mass is 370 g/mol. The molecular weight excluding hydrogens is 355 g/mol. The molecule has 0 spiro atoms. The highest BCUT2D eigenvalue weighted by Gasteiger charge is 2.18. The fourth-order valence-electron chi connectivity index (χ4n) is 2.48. The molecule has 0 aliphatic carbocycles. The maximum Gasteiger partial charge on any atom is 0.311 e. The minimum atomic E-state index is -0.626. The number of anilines is 1. The summed E-state index contributed by atoms with van der Waals surface area (Å²) in [6.45, 7) is 0.205. The summed E-state index contributed by atoms with van der Waals surface area (Å²) in [7, 11) is 1.31. The number of nitro groups is 1. The summed E-state index contributed by atoms with van der Waals surface area (Å²) in [5, 5.41) is 17.8. The number of rotatable bonds is 6. The first-order chi connectivity index (χ1) is 13.0. The molecule has 27 heavy (non-hydrogen) atoms. The molecule has 1 N–H and O–H groups in total. The van der Waals surface area contributed by atoms with Gasteiger partial charge < -0.3 is 10.1 Å². The number of ether oxygens (including phenoxy) is 1. The van der Waals surface area contributed by atoms with Crippen LogP contribution >= 0.6 is 0 Å². The summed E-state index contributed by atoms with van der Waals surface area (Å²) < 4.78 is 20.1. The number of nitrogens with zero attached hydrogens (tertiary/aromatic N) is 3. The van der Waals surface area contributed by atoms with Gasteiger partial charge in [0.05, 0.1) is 18.6 Å². The van der Waals surface area contributed by atoms with Crippen molar-refractivity contribution in [3.05, 3.63) is 81.8 Å². The van der Waals surface area contributed by atoms with E-state index < -0.39 is 10.8 Å². The number of carbonyl (C=O) groups is 1. The van der Waals surface area contributed by atoms with Crippen LogP contribution in [0.25, 0.3) is 0 Å². The van der Waals surface area contributed by atoms with Crippen molar-refractivity contribution in [2.45, 2.75) is 6.54 Å². The van der Waals surface area contributed by atoms with Crippen molar-refractivity contribution in [2.24, 2.45) is 0 Å². The molecule has 0 unspecified atom stereocenters. The number of carbonyl (C=O) groups excluding carboxylic acids is 1. The van der Waals surface area contributed by atoms with E-state index in [-0.39, 0.29) is 35.2 Å². The van der Waals surface area contributed by atoms with Crippen LogP contribution in [0.1, 0.15) is 15.9 Å². The van der Waals surface area contributed by atoms with Crippen molar-refractivity contribution < 1.29 is 18.8 Å². The average molecular weight is 370 g/mol. The van der Waals surface area contributed by atoms with Gasteiger partial charge in [-0.2, -0.15) is 5.10 Å². The highest BCUT2D eigenvalue weighted by Crippen LogP contribution is 2.27. The minimum Gasteiger partial charge on any atom is -0.490 e. The Morgan fingerprint density at radius 3 is 2.78 bits per heavy atom.